The van der Waals surface area contributed by atoms with E-state index in [1.54, 1.807) is 0 Å². The third-order valence-corrected chi connectivity index (χ3v) is 10.8. The molecule has 4 N–H and O–H groups in total. The number of rotatable bonds is 4. The van der Waals surface area contributed by atoms with Crippen molar-refractivity contribution in [3.8, 4) is 5.75 Å². The van der Waals surface area contributed by atoms with Crippen molar-refractivity contribution in [1.29, 1.82) is 0 Å². The fourth-order valence-corrected chi connectivity index (χ4v) is 8.75. The molecule has 6 nitrogen and oxygen atoms in total. The van der Waals surface area contributed by atoms with Gasteiger partial charge in [0.25, 0.3) is 0 Å². The summed E-state index contributed by atoms with van der Waals surface area (Å²) in [5.41, 5.74) is 0.0164. The van der Waals surface area contributed by atoms with Gasteiger partial charge in [0.05, 0.1) is 12.1 Å². The topological polar surface area (TPSA) is 101 Å². The molecule has 1 aromatic carbocycles. The molecular formula is C27H40N2O4. The molecule has 0 aliphatic heterocycles. The lowest BCUT2D eigenvalue weighted by atomic mass is 9.44. The van der Waals surface area contributed by atoms with E-state index >= 15 is 0 Å². The number of nitrogens with zero attached hydrogens (tertiary/aromatic N) is 1. The van der Waals surface area contributed by atoms with Gasteiger partial charge < -0.3 is 15.4 Å². The molecule has 5 rings (SSSR count). The quantitative estimate of drug-likeness (QED) is 0.307. The summed E-state index contributed by atoms with van der Waals surface area (Å²) < 4.78 is 0. The average molecular weight is 457 g/mol. The molecule has 8 atom stereocenters. The molecule has 0 bridgehead atoms. The van der Waals surface area contributed by atoms with Gasteiger partial charge in [-0.1, -0.05) is 26.7 Å². The summed E-state index contributed by atoms with van der Waals surface area (Å²) in [5, 5.41) is 41.4. The van der Waals surface area contributed by atoms with Gasteiger partial charge in [-0.3, -0.25) is 4.99 Å². The van der Waals surface area contributed by atoms with Gasteiger partial charge in [0.2, 0.25) is 0 Å². The molecule has 0 heterocycles. The molecular weight excluding hydrogens is 416 g/mol. The fourth-order valence-electron chi connectivity index (χ4n) is 8.75. The second-order valence-electron chi connectivity index (χ2n) is 12.0. The Kier molecular flexibility index (Phi) is 5.88. The Morgan fingerprint density at radius 3 is 2.64 bits per heavy atom. The van der Waals surface area contributed by atoms with Crippen molar-refractivity contribution >= 4 is 11.9 Å². The Morgan fingerprint density at radius 2 is 1.85 bits per heavy atom. The van der Waals surface area contributed by atoms with E-state index in [1.807, 2.05) is 0 Å². The number of hydrogen-bond donors (Lipinski definition) is 4. The van der Waals surface area contributed by atoms with Gasteiger partial charge in [0.15, 0.2) is 5.69 Å². The molecule has 182 valence electrons. The molecule has 4 aliphatic rings. The van der Waals surface area contributed by atoms with E-state index < -0.39 is 10.8 Å². The van der Waals surface area contributed by atoms with E-state index in [0.29, 0.717) is 23.4 Å². The van der Waals surface area contributed by atoms with Crippen molar-refractivity contribution in [3.05, 3.63) is 29.0 Å². The summed E-state index contributed by atoms with van der Waals surface area (Å²) in [6.45, 7) is 5.18. The Balaban J connectivity index is 1.34. The number of aliphatic hydroxyl groups is 1. The van der Waals surface area contributed by atoms with E-state index in [4.69, 9.17) is 0 Å². The minimum Gasteiger partial charge on any atom is -0.595 e. The predicted molar refractivity (Wildman–Crippen MR) is 128 cm³/mol. The summed E-state index contributed by atoms with van der Waals surface area (Å²) >= 11 is 0. The number of fused-ring (bicyclic) bond motifs is 5. The van der Waals surface area contributed by atoms with Crippen LogP contribution in [0.1, 0.15) is 83.6 Å². The normalized spacial score (nSPS) is 43.7. The fraction of sp³-hybridized carbons (Fsp3) is 0.741. The average Bonchev–Trinajstić information content (AvgIpc) is 3.05. The van der Waals surface area contributed by atoms with Crippen molar-refractivity contribution < 1.29 is 20.6 Å². The van der Waals surface area contributed by atoms with Crippen LogP contribution >= 0.6 is 0 Å². The van der Waals surface area contributed by atoms with Crippen LogP contribution in [0.5, 0.6) is 5.75 Å². The van der Waals surface area contributed by atoms with Crippen molar-refractivity contribution in [2.24, 2.45) is 39.5 Å². The highest BCUT2D eigenvalue weighted by atomic mass is 16.8. The van der Waals surface area contributed by atoms with Crippen molar-refractivity contribution in [1.82, 2.24) is 0 Å². The predicted octanol–water partition coefficient (Wildman–Crippen LogP) is 4.38. The van der Waals surface area contributed by atoms with Gasteiger partial charge in [0, 0.05) is 29.3 Å². The zero-order valence-electron chi connectivity index (χ0n) is 20.1. The Hall–Kier alpha value is -1.47. The summed E-state index contributed by atoms with van der Waals surface area (Å²) in [6.07, 6.45) is 13.9. The second kappa shape index (κ2) is 8.33. The first kappa shape index (κ1) is 23.3. The van der Waals surface area contributed by atoms with Crippen molar-refractivity contribution in [3.63, 3.8) is 0 Å². The lowest BCUT2D eigenvalue weighted by Crippen LogP contribution is -2.99. The summed E-state index contributed by atoms with van der Waals surface area (Å²) in [4.78, 5) is 4.55. The SMILES string of the molecule is C[C@]12CCCC[C@@H]1CC[C@@H]1[C@H]3CC[C@](O)(CN=Cc4cc([NH+]([O-])O)ccc4O)[C@]3(C)CC[C@@H]12. The summed E-state index contributed by atoms with van der Waals surface area (Å²) in [7, 11) is 0. The maximum Gasteiger partial charge on any atom is 0.164 e. The van der Waals surface area contributed by atoms with Gasteiger partial charge in [-0.15, -0.1) is 0 Å². The van der Waals surface area contributed by atoms with Crippen LogP contribution in [0.2, 0.25) is 0 Å². The molecule has 33 heavy (non-hydrogen) atoms. The molecule has 4 fully saturated rings. The summed E-state index contributed by atoms with van der Waals surface area (Å²) in [5.74, 6) is 2.98. The molecule has 0 aromatic heterocycles. The van der Waals surface area contributed by atoms with Crippen molar-refractivity contribution in [2.45, 2.75) is 83.7 Å². The van der Waals surface area contributed by atoms with Crippen LogP contribution in [0.25, 0.3) is 0 Å². The van der Waals surface area contributed by atoms with Gasteiger partial charge in [-0.2, -0.15) is 5.23 Å². The molecule has 6 heteroatoms. The van der Waals surface area contributed by atoms with Crippen LogP contribution in [0, 0.1) is 39.7 Å². The maximum absolute atomic E-state index is 11.9. The number of phenolic OH excluding ortho intramolecular Hbond substituents is 1. The first-order chi connectivity index (χ1) is 15.7. The van der Waals surface area contributed by atoms with Crippen LogP contribution in [-0.2, 0) is 0 Å². The number of phenols is 1. The molecule has 1 aromatic rings. The first-order valence-corrected chi connectivity index (χ1v) is 13.0. The van der Waals surface area contributed by atoms with Crippen LogP contribution in [0.15, 0.2) is 23.2 Å². The zero-order chi connectivity index (χ0) is 23.4. The number of quaternary nitrogens is 1. The molecule has 1 unspecified atom stereocenters. The molecule has 4 saturated carbocycles. The number of aliphatic imine (C=N–C) groups is 1. The molecule has 0 amide bonds. The van der Waals surface area contributed by atoms with Gasteiger partial charge >= 0.3 is 0 Å². The van der Waals surface area contributed by atoms with Crippen LogP contribution in [-0.4, -0.2) is 33.8 Å². The number of hydrogen-bond acceptors (Lipinski definition) is 5. The minimum absolute atomic E-state index is 0.00393. The van der Waals surface area contributed by atoms with Crippen LogP contribution in [0.3, 0.4) is 0 Å². The van der Waals surface area contributed by atoms with Gasteiger partial charge in [-0.05, 0) is 86.5 Å². The van der Waals surface area contributed by atoms with Crippen LogP contribution in [0.4, 0.5) is 5.69 Å². The largest absolute Gasteiger partial charge is 0.595 e. The van der Waals surface area contributed by atoms with E-state index in [9.17, 15) is 20.6 Å². The highest BCUT2D eigenvalue weighted by Gasteiger charge is 2.64. The minimum atomic E-state index is -1.03. The second-order valence-corrected chi connectivity index (χ2v) is 12.0. The molecule has 4 aliphatic carbocycles. The maximum atomic E-state index is 11.9. The molecule has 0 saturated heterocycles. The monoisotopic (exact) mass is 456 g/mol. The van der Waals surface area contributed by atoms with Crippen LogP contribution < -0.4 is 5.23 Å². The smallest absolute Gasteiger partial charge is 0.164 e. The van der Waals surface area contributed by atoms with E-state index in [0.717, 1.165) is 37.0 Å². The number of benzene rings is 1. The Bertz CT molecular complexity index is 919. The highest BCUT2D eigenvalue weighted by molar-refractivity contribution is 5.84. The third-order valence-electron chi connectivity index (χ3n) is 10.8. The third kappa shape index (κ3) is 3.65. The zero-order valence-corrected chi connectivity index (χ0v) is 20.1. The van der Waals surface area contributed by atoms with Crippen molar-refractivity contribution in [2.75, 3.05) is 6.54 Å². The van der Waals surface area contributed by atoms with Gasteiger partial charge in [-0.25, -0.2) is 5.21 Å². The lowest BCUT2D eigenvalue weighted by molar-refractivity contribution is -0.991. The summed E-state index contributed by atoms with van der Waals surface area (Å²) in [6, 6.07) is 4.19. The van der Waals surface area contributed by atoms with Gasteiger partial charge in [0.1, 0.15) is 5.75 Å². The number of aromatic hydroxyl groups is 1. The standard InChI is InChI=1S/C27H40N2O4/c1-25-12-4-3-5-19(25)6-8-21-22(25)10-13-26(2)23(21)11-14-27(26,31)17-28-16-18-15-20(29(32)33)7-9-24(18)30/h7,9,15-16,19,21-23,29-32H,3-6,8,10-14,17H2,1-2H3/t19-,21+,22+,23-,25+,26-,27+/m1/s1. The highest BCUT2D eigenvalue weighted by Crippen LogP contribution is 2.68. The Morgan fingerprint density at radius 1 is 1.06 bits per heavy atom. The molecule has 0 radical (unpaired) electrons. The van der Waals surface area contributed by atoms with E-state index in [2.05, 4.69) is 18.8 Å². The Labute approximate surface area is 197 Å². The van der Waals surface area contributed by atoms with E-state index in [-0.39, 0.29) is 16.9 Å². The lowest BCUT2D eigenvalue weighted by Gasteiger charge is -2.61. The first-order valence-electron chi connectivity index (χ1n) is 13.0. The van der Waals surface area contributed by atoms with E-state index in [1.165, 1.54) is 69.4 Å². The molecule has 0 spiro atoms. The number of nitrogens with one attached hydrogen (secondary N) is 1.